The van der Waals surface area contributed by atoms with E-state index >= 15 is 0 Å². The van der Waals surface area contributed by atoms with Gasteiger partial charge in [-0.3, -0.25) is 4.79 Å². The quantitative estimate of drug-likeness (QED) is 0.870. The maximum atomic E-state index is 12.6. The number of methoxy groups -OCH3 is 2. The minimum atomic E-state index is -0.0420. The lowest BCUT2D eigenvalue weighted by Gasteiger charge is -2.09. The number of rotatable bonds is 4. The monoisotopic (exact) mass is 273 g/mol. The van der Waals surface area contributed by atoms with E-state index in [1.165, 1.54) is 0 Å². The number of benzene rings is 1. The molecule has 0 fully saturated rings. The predicted octanol–water partition coefficient (Wildman–Crippen LogP) is 3.19. The summed E-state index contributed by atoms with van der Waals surface area (Å²) >= 11 is 0. The van der Waals surface area contributed by atoms with Crippen molar-refractivity contribution in [2.45, 2.75) is 20.8 Å². The number of hydrogen-bond donors (Lipinski definition) is 1. The highest BCUT2D eigenvalue weighted by Gasteiger charge is 2.18. The summed E-state index contributed by atoms with van der Waals surface area (Å²) in [4.78, 5) is 15.7. The zero-order valence-corrected chi connectivity index (χ0v) is 12.5. The number of aryl methyl sites for hydroxylation is 1. The van der Waals surface area contributed by atoms with Crippen molar-refractivity contribution in [2.24, 2.45) is 0 Å². The van der Waals surface area contributed by atoms with Gasteiger partial charge < -0.3 is 14.5 Å². The summed E-state index contributed by atoms with van der Waals surface area (Å²) in [5, 5.41) is 0. The number of ketones is 1. The van der Waals surface area contributed by atoms with Gasteiger partial charge in [-0.1, -0.05) is 0 Å². The number of aromatic nitrogens is 1. The lowest BCUT2D eigenvalue weighted by atomic mass is 10.0. The molecule has 1 heterocycles. The second kappa shape index (κ2) is 5.41. The summed E-state index contributed by atoms with van der Waals surface area (Å²) in [7, 11) is 3.13. The normalized spacial score (nSPS) is 10.4. The van der Waals surface area contributed by atoms with Gasteiger partial charge in [0.05, 0.1) is 19.9 Å². The Morgan fingerprint density at radius 1 is 1.00 bits per heavy atom. The van der Waals surface area contributed by atoms with Crippen LogP contribution >= 0.6 is 0 Å². The first-order valence-corrected chi connectivity index (χ1v) is 6.42. The number of hydrogen-bond acceptors (Lipinski definition) is 3. The van der Waals surface area contributed by atoms with E-state index in [2.05, 4.69) is 4.98 Å². The molecule has 0 amide bonds. The van der Waals surface area contributed by atoms with E-state index < -0.39 is 0 Å². The minimum Gasteiger partial charge on any atom is -0.493 e. The van der Waals surface area contributed by atoms with Crippen LogP contribution in [-0.4, -0.2) is 25.0 Å². The number of H-pyrrole nitrogens is 1. The topological polar surface area (TPSA) is 51.3 Å². The van der Waals surface area contributed by atoms with Crippen LogP contribution in [0, 0.1) is 20.8 Å². The largest absolute Gasteiger partial charge is 0.493 e. The molecule has 0 spiro atoms. The second-order valence-electron chi connectivity index (χ2n) is 4.77. The van der Waals surface area contributed by atoms with Crippen molar-refractivity contribution >= 4 is 5.78 Å². The van der Waals surface area contributed by atoms with Gasteiger partial charge >= 0.3 is 0 Å². The van der Waals surface area contributed by atoms with Crippen LogP contribution in [-0.2, 0) is 0 Å². The number of nitrogens with one attached hydrogen (secondary N) is 1. The molecule has 0 saturated heterocycles. The van der Waals surface area contributed by atoms with E-state index in [0.29, 0.717) is 22.8 Å². The van der Waals surface area contributed by atoms with Gasteiger partial charge in [0.25, 0.3) is 0 Å². The third kappa shape index (κ3) is 2.29. The highest BCUT2D eigenvalue weighted by molar-refractivity contribution is 6.09. The molecule has 0 atom stereocenters. The van der Waals surface area contributed by atoms with E-state index in [-0.39, 0.29) is 5.78 Å². The number of aromatic amines is 1. The van der Waals surface area contributed by atoms with Gasteiger partial charge in [0.15, 0.2) is 11.5 Å². The van der Waals surface area contributed by atoms with Crippen LogP contribution in [0.25, 0.3) is 0 Å². The molecule has 0 aliphatic carbocycles. The standard InChI is InChI=1S/C16H19NO3/c1-9-10(2)15(17-11(9)3)16(18)12-6-7-13(19-4)14(8-12)20-5/h6-8,17H,1-5H3. The van der Waals surface area contributed by atoms with E-state index in [4.69, 9.17) is 9.47 Å². The highest BCUT2D eigenvalue weighted by atomic mass is 16.5. The molecule has 4 heteroatoms. The smallest absolute Gasteiger partial charge is 0.209 e. The fourth-order valence-electron chi connectivity index (χ4n) is 2.19. The van der Waals surface area contributed by atoms with E-state index in [1.54, 1.807) is 32.4 Å². The first-order chi connectivity index (χ1) is 9.49. The molecule has 0 aliphatic rings. The van der Waals surface area contributed by atoms with E-state index in [0.717, 1.165) is 16.8 Å². The number of carbonyl (C=O) groups excluding carboxylic acids is 1. The SMILES string of the molecule is COc1ccc(C(=O)c2[nH]c(C)c(C)c2C)cc1OC. The van der Waals surface area contributed by atoms with Gasteiger partial charge in [-0.15, -0.1) is 0 Å². The Morgan fingerprint density at radius 3 is 2.15 bits per heavy atom. The van der Waals surface area contributed by atoms with Gasteiger partial charge in [0.1, 0.15) is 0 Å². The number of carbonyl (C=O) groups is 1. The molecule has 4 nitrogen and oxygen atoms in total. The average molecular weight is 273 g/mol. The Kier molecular flexibility index (Phi) is 3.84. The molecule has 1 aromatic carbocycles. The molecule has 2 rings (SSSR count). The van der Waals surface area contributed by atoms with Crippen molar-refractivity contribution in [2.75, 3.05) is 14.2 Å². The first-order valence-electron chi connectivity index (χ1n) is 6.42. The van der Waals surface area contributed by atoms with E-state index in [1.807, 2.05) is 20.8 Å². The summed E-state index contributed by atoms with van der Waals surface area (Å²) in [6.07, 6.45) is 0. The molecule has 0 unspecified atom stereocenters. The average Bonchev–Trinajstić information content (AvgIpc) is 2.73. The molecule has 0 saturated carbocycles. The molecular formula is C16H19NO3. The molecule has 1 aromatic heterocycles. The highest BCUT2D eigenvalue weighted by Crippen LogP contribution is 2.29. The molecule has 20 heavy (non-hydrogen) atoms. The van der Waals surface area contributed by atoms with Crippen molar-refractivity contribution in [3.63, 3.8) is 0 Å². The van der Waals surface area contributed by atoms with Gasteiger partial charge in [-0.05, 0) is 50.1 Å². The maximum Gasteiger partial charge on any atom is 0.209 e. The fourth-order valence-corrected chi connectivity index (χ4v) is 2.19. The van der Waals surface area contributed by atoms with Crippen LogP contribution < -0.4 is 9.47 Å². The summed E-state index contributed by atoms with van der Waals surface area (Å²) < 4.78 is 10.4. The first kappa shape index (κ1) is 14.2. The Bertz CT molecular complexity index is 656. The van der Waals surface area contributed by atoms with Gasteiger partial charge in [-0.25, -0.2) is 0 Å². The zero-order chi connectivity index (χ0) is 14.9. The Hall–Kier alpha value is -2.23. The van der Waals surface area contributed by atoms with Crippen molar-refractivity contribution in [1.82, 2.24) is 4.98 Å². The molecule has 1 N–H and O–H groups in total. The Morgan fingerprint density at radius 2 is 1.65 bits per heavy atom. The van der Waals surface area contributed by atoms with Crippen LogP contribution in [0.5, 0.6) is 11.5 Å². The minimum absolute atomic E-state index is 0.0420. The van der Waals surface area contributed by atoms with Crippen LogP contribution in [0.1, 0.15) is 32.9 Å². The molecule has 0 radical (unpaired) electrons. The molecular weight excluding hydrogens is 254 g/mol. The predicted molar refractivity (Wildman–Crippen MR) is 78.0 cm³/mol. The summed E-state index contributed by atoms with van der Waals surface area (Å²) in [6, 6.07) is 5.19. The van der Waals surface area contributed by atoms with Gasteiger partial charge in [0.2, 0.25) is 5.78 Å². The molecule has 106 valence electrons. The van der Waals surface area contributed by atoms with Crippen molar-refractivity contribution in [3.05, 3.63) is 46.3 Å². The van der Waals surface area contributed by atoms with Gasteiger partial charge in [0, 0.05) is 11.3 Å². The van der Waals surface area contributed by atoms with Crippen molar-refractivity contribution in [1.29, 1.82) is 0 Å². The third-order valence-corrected chi connectivity index (χ3v) is 3.69. The second-order valence-corrected chi connectivity index (χ2v) is 4.77. The van der Waals surface area contributed by atoms with Gasteiger partial charge in [-0.2, -0.15) is 0 Å². The van der Waals surface area contributed by atoms with Crippen molar-refractivity contribution < 1.29 is 14.3 Å². The Labute approximate surface area is 118 Å². The third-order valence-electron chi connectivity index (χ3n) is 3.69. The fraction of sp³-hybridized carbons (Fsp3) is 0.312. The van der Waals surface area contributed by atoms with E-state index in [9.17, 15) is 4.79 Å². The number of ether oxygens (including phenoxy) is 2. The lowest BCUT2D eigenvalue weighted by molar-refractivity contribution is 0.103. The van der Waals surface area contributed by atoms with Crippen LogP contribution in [0.4, 0.5) is 0 Å². The molecule has 0 bridgehead atoms. The molecule has 2 aromatic rings. The summed E-state index contributed by atoms with van der Waals surface area (Å²) in [5.41, 5.74) is 4.33. The van der Waals surface area contributed by atoms with Crippen molar-refractivity contribution in [3.8, 4) is 11.5 Å². The van der Waals surface area contributed by atoms with Crippen LogP contribution in [0.2, 0.25) is 0 Å². The summed E-state index contributed by atoms with van der Waals surface area (Å²) in [6.45, 7) is 5.92. The van der Waals surface area contributed by atoms with Crippen LogP contribution in [0.3, 0.4) is 0 Å². The lowest BCUT2D eigenvalue weighted by Crippen LogP contribution is -2.04. The zero-order valence-electron chi connectivity index (χ0n) is 12.5. The molecule has 0 aliphatic heterocycles. The van der Waals surface area contributed by atoms with Crippen LogP contribution in [0.15, 0.2) is 18.2 Å². The summed E-state index contributed by atoms with van der Waals surface area (Å²) in [5.74, 6) is 1.12. The Balaban J connectivity index is 2.45. The maximum absolute atomic E-state index is 12.6.